The van der Waals surface area contributed by atoms with Gasteiger partial charge in [-0.05, 0) is 38.5 Å². The second kappa shape index (κ2) is 15.9. The topological polar surface area (TPSA) is 95.5 Å². The first-order chi connectivity index (χ1) is 11.8. The highest BCUT2D eigenvalue weighted by molar-refractivity contribution is 5.81. The Kier molecular flexibility index (Phi) is 16.3. The van der Waals surface area contributed by atoms with E-state index in [0.717, 1.165) is 38.5 Å². The fourth-order valence-corrected chi connectivity index (χ4v) is 2.46. The first-order valence-electron chi connectivity index (χ1n) is 9.60. The van der Waals surface area contributed by atoms with Crippen molar-refractivity contribution in [3.63, 3.8) is 0 Å². The van der Waals surface area contributed by atoms with Gasteiger partial charge in [-0.25, -0.2) is 0 Å². The number of amides is 2. The summed E-state index contributed by atoms with van der Waals surface area (Å²) in [5, 5.41) is 13.9. The maximum atomic E-state index is 11.6. The number of rotatable bonds is 11. The van der Waals surface area contributed by atoms with Gasteiger partial charge >= 0.3 is 5.97 Å². The molecule has 3 N–H and O–H groups in total. The molecule has 0 spiro atoms. The number of nitrogens with one attached hydrogen (secondary N) is 2. The first-order valence-corrected chi connectivity index (χ1v) is 9.60. The van der Waals surface area contributed by atoms with E-state index in [2.05, 4.69) is 10.6 Å². The van der Waals surface area contributed by atoms with Crippen molar-refractivity contribution >= 4 is 17.8 Å². The molecule has 6 heteroatoms. The van der Waals surface area contributed by atoms with Gasteiger partial charge in [0.15, 0.2) is 0 Å². The SMILES string of the molecule is CCC(CC)C(=O)NCNC(=O)C(CC)CC.CCC(CC)C(=O)O. The number of carboxylic acids is 1. The minimum atomic E-state index is -0.671. The van der Waals surface area contributed by atoms with Crippen LogP contribution < -0.4 is 10.6 Å². The van der Waals surface area contributed by atoms with Crippen LogP contribution in [0.4, 0.5) is 0 Å². The highest BCUT2D eigenvalue weighted by Crippen LogP contribution is 2.08. The van der Waals surface area contributed by atoms with Crippen molar-refractivity contribution in [2.75, 3.05) is 6.67 Å². The Morgan fingerprint density at radius 1 is 0.640 bits per heavy atom. The largest absolute Gasteiger partial charge is 0.481 e. The van der Waals surface area contributed by atoms with E-state index >= 15 is 0 Å². The van der Waals surface area contributed by atoms with Crippen molar-refractivity contribution in [3.05, 3.63) is 0 Å². The zero-order chi connectivity index (χ0) is 19.8. The van der Waals surface area contributed by atoms with Gasteiger partial charge in [0.1, 0.15) is 0 Å². The van der Waals surface area contributed by atoms with Crippen LogP contribution in [0.2, 0.25) is 0 Å². The lowest BCUT2D eigenvalue weighted by Gasteiger charge is -2.15. The van der Waals surface area contributed by atoms with Crippen LogP contribution in [-0.2, 0) is 14.4 Å². The molecule has 0 saturated heterocycles. The molecule has 0 aliphatic rings. The van der Waals surface area contributed by atoms with E-state index in [-0.39, 0.29) is 36.2 Å². The van der Waals surface area contributed by atoms with Gasteiger partial charge in [-0.15, -0.1) is 0 Å². The number of carbonyl (C=O) groups is 3. The van der Waals surface area contributed by atoms with E-state index in [1.54, 1.807) is 0 Å². The number of aliphatic carboxylic acids is 1. The Hall–Kier alpha value is -1.59. The summed E-state index contributed by atoms with van der Waals surface area (Å²) in [5.74, 6) is -0.634. The van der Waals surface area contributed by atoms with Crippen LogP contribution in [0.5, 0.6) is 0 Å². The van der Waals surface area contributed by atoms with Crippen LogP contribution in [0, 0.1) is 17.8 Å². The lowest BCUT2D eigenvalue weighted by Crippen LogP contribution is -2.41. The Morgan fingerprint density at radius 2 is 0.920 bits per heavy atom. The maximum Gasteiger partial charge on any atom is 0.306 e. The van der Waals surface area contributed by atoms with E-state index in [0.29, 0.717) is 0 Å². The van der Waals surface area contributed by atoms with Crippen LogP contribution in [0.3, 0.4) is 0 Å². The molecule has 0 aliphatic heterocycles. The Bertz CT molecular complexity index is 350. The Morgan fingerprint density at radius 3 is 1.08 bits per heavy atom. The average molecular weight is 359 g/mol. The van der Waals surface area contributed by atoms with Crippen molar-refractivity contribution in [1.29, 1.82) is 0 Å². The molecule has 25 heavy (non-hydrogen) atoms. The molecule has 0 aromatic heterocycles. The smallest absolute Gasteiger partial charge is 0.306 e. The second-order valence-corrected chi connectivity index (χ2v) is 6.14. The lowest BCUT2D eigenvalue weighted by molar-refractivity contribution is -0.142. The molecule has 0 radical (unpaired) electrons. The fraction of sp³-hybridized carbons (Fsp3) is 0.842. The zero-order valence-electron chi connectivity index (χ0n) is 16.9. The zero-order valence-corrected chi connectivity index (χ0v) is 16.9. The lowest BCUT2D eigenvalue weighted by atomic mass is 10.0. The monoisotopic (exact) mass is 358 g/mol. The van der Waals surface area contributed by atoms with Gasteiger partial charge in [-0.3, -0.25) is 14.4 Å². The molecule has 148 valence electrons. The van der Waals surface area contributed by atoms with Crippen LogP contribution in [0.1, 0.15) is 80.1 Å². The minimum Gasteiger partial charge on any atom is -0.481 e. The van der Waals surface area contributed by atoms with E-state index in [9.17, 15) is 14.4 Å². The van der Waals surface area contributed by atoms with Crippen molar-refractivity contribution in [2.24, 2.45) is 17.8 Å². The van der Waals surface area contributed by atoms with Crippen molar-refractivity contribution < 1.29 is 19.5 Å². The molecule has 0 unspecified atom stereocenters. The first kappa shape index (κ1) is 25.6. The molecule has 0 aliphatic carbocycles. The fourth-order valence-electron chi connectivity index (χ4n) is 2.46. The van der Waals surface area contributed by atoms with Crippen LogP contribution in [0.25, 0.3) is 0 Å². The normalized spacial score (nSPS) is 10.4. The third-order valence-electron chi connectivity index (χ3n) is 4.57. The maximum absolute atomic E-state index is 11.6. The number of hydrogen-bond donors (Lipinski definition) is 3. The van der Waals surface area contributed by atoms with E-state index in [1.165, 1.54) is 0 Å². The van der Waals surface area contributed by atoms with E-state index in [4.69, 9.17) is 5.11 Å². The molecule has 6 nitrogen and oxygen atoms in total. The van der Waals surface area contributed by atoms with E-state index < -0.39 is 5.97 Å². The molecule has 0 aromatic rings. The molecule has 0 fully saturated rings. The summed E-state index contributed by atoms with van der Waals surface area (Å²) in [7, 11) is 0. The summed E-state index contributed by atoms with van der Waals surface area (Å²) in [6.45, 7) is 12.0. The second-order valence-electron chi connectivity index (χ2n) is 6.14. The van der Waals surface area contributed by atoms with Gasteiger partial charge in [0, 0.05) is 11.8 Å². The van der Waals surface area contributed by atoms with Gasteiger partial charge in [0.05, 0.1) is 12.6 Å². The number of carbonyl (C=O) groups excluding carboxylic acids is 2. The van der Waals surface area contributed by atoms with Gasteiger partial charge < -0.3 is 15.7 Å². The van der Waals surface area contributed by atoms with Crippen molar-refractivity contribution in [1.82, 2.24) is 10.6 Å². The van der Waals surface area contributed by atoms with Crippen molar-refractivity contribution in [3.8, 4) is 0 Å². The van der Waals surface area contributed by atoms with Gasteiger partial charge in [-0.1, -0.05) is 41.5 Å². The molecule has 0 atom stereocenters. The number of carboxylic acid groups (broad SMARTS) is 1. The van der Waals surface area contributed by atoms with Crippen LogP contribution >= 0.6 is 0 Å². The summed E-state index contributed by atoms with van der Waals surface area (Å²) < 4.78 is 0. The predicted octanol–water partition coefficient (Wildman–Crippen LogP) is 3.56. The summed E-state index contributed by atoms with van der Waals surface area (Å²) >= 11 is 0. The summed E-state index contributed by atoms with van der Waals surface area (Å²) in [6.07, 6.45) is 4.83. The minimum absolute atomic E-state index is 0.0276. The average Bonchev–Trinajstić information content (AvgIpc) is 2.58. The van der Waals surface area contributed by atoms with Crippen LogP contribution in [0.15, 0.2) is 0 Å². The summed E-state index contributed by atoms with van der Waals surface area (Å²) in [4.78, 5) is 33.4. The summed E-state index contributed by atoms with van der Waals surface area (Å²) in [5.41, 5.74) is 0. The third kappa shape index (κ3) is 11.6. The molecule has 0 heterocycles. The van der Waals surface area contributed by atoms with E-state index in [1.807, 2.05) is 41.5 Å². The van der Waals surface area contributed by atoms with Gasteiger partial charge in [-0.2, -0.15) is 0 Å². The Balaban J connectivity index is 0. The molecule has 2 amide bonds. The van der Waals surface area contributed by atoms with Gasteiger partial charge in [0.25, 0.3) is 0 Å². The molecule has 0 rings (SSSR count). The number of hydrogen-bond acceptors (Lipinski definition) is 3. The Labute approximate surface area is 153 Å². The molecule has 0 saturated carbocycles. The standard InChI is InChI=1S/C13H26N2O2.C6H12O2/c1-5-10(6-2)12(16)14-9-15-13(17)11(7-3)8-4;1-3-5(4-2)6(7)8/h10-11H,5-9H2,1-4H3,(H,14,16)(H,15,17);5H,3-4H2,1-2H3,(H,7,8). The highest BCUT2D eigenvalue weighted by atomic mass is 16.4. The van der Waals surface area contributed by atoms with Crippen molar-refractivity contribution in [2.45, 2.75) is 80.1 Å². The summed E-state index contributed by atoms with van der Waals surface area (Å²) in [6, 6.07) is 0. The molecular weight excluding hydrogens is 320 g/mol. The predicted molar refractivity (Wildman–Crippen MR) is 101 cm³/mol. The third-order valence-corrected chi connectivity index (χ3v) is 4.57. The molecule has 0 aromatic carbocycles. The quantitative estimate of drug-likeness (QED) is 0.492. The van der Waals surface area contributed by atoms with Crippen LogP contribution in [-0.4, -0.2) is 29.6 Å². The molecular formula is C19H38N2O4. The highest BCUT2D eigenvalue weighted by Gasteiger charge is 2.16. The molecule has 0 bridgehead atoms. The van der Waals surface area contributed by atoms with Gasteiger partial charge in [0.2, 0.25) is 11.8 Å².